The number of benzene rings is 3. The molecule has 0 saturated carbocycles. The van der Waals surface area contributed by atoms with Crippen LogP contribution in [0, 0.1) is 0 Å². The normalized spacial score (nSPS) is 13.7. The van der Waals surface area contributed by atoms with Crippen molar-refractivity contribution < 1.29 is 23.9 Å². The summed E-state index contributed by atoms with van der Waals surface area (Å²) < 4.78 is 5.20. The summed E-state index contributed by atoms with van der Waals surface area (Å²) >= 11 is 5.88. The maximum Gasteiger partial charge on any atom is 0.289 e. The Morgan fingerprint density at radius 1 is 0.949 bits per heavy atom. The van der Waals surface area contributed by atoms with E-state index in [1.807, 2.05) is 36.4 Å². The number of amides is 3. The average Bonchev–Trinajstić information content (AvgIpc) is 3.50. The van der Waals surface area contributed by atoms with E-state index in [1.54, 1.807) is 28.1 Å². The number of rotatable bonds is 6. The van der Waals surface area contributed by atoms with E-state index in [2.05, 4.69) is 10.5 Å². The van der Waals surface area contributed by atoms with Gasteiger partial charge in [-0.1, -0.05) is 48.0 Å². The molecule has 198 valence electrons. The SMILES string of the molecule is O=C(N/N=C/c1ccc(CC(=O)N2CCN(C(=O)c3ccco3)CC2)c2ccccc12)c1ccc(O)c(Cl)c1. The van der Waals surface area contributed by atoms with Crippen molar-refractivity contribution in [2.45, 2.75) is 6.42 Å². The highest BCUT2D eigenvalue weighted by Crippen LogP contribution is 2.25. The lowest BCUT2D eigenvalue weighted by Gasteiger charge is -2.34. The van der Waals surface area contributed by atoms with Crippen LogP contribution in [0.1, 0.15) is 32.0 Å². The van der Waals surface area contributed by atoms with Crippen LogP contribution >= 0.6 is 11.6 Å². The number of hydrogen-bond donors (Lipinski definition) is 2. The molecule has 0 radical (unpaired) electrons. The van der Waals surface area contributed by atoms with Gasteiger partial charge < -0.3 is 19.3 Å². The molecule has 39 heavy (non-hydrogen) atoms. The molecule has 2 N–H and O–H groups in total. The summed E-state index contributed by atoms with van der Waals surface area (Å²) in [5.74, 6) is -0.450. The highest BCUT2D eigenvalue weighted by Gasteiger charge is 2.26. The summed E-state index contributed by atoms with van der Waals surface area (Å²) in [6.45, 7) is 1.81. The lowest BCUT2D eigenvalue weighted by atomic mass is 9.97. The lowest BCUT2D eigenvalue weighted by molar-refractivity contribution is -0.131. The molecular weight excluding hydrogens is 520 g/mol. The van der Waals surface area contributed by atoms with Crippen molar-refractivity contribution in [2.75, 3.05) is 26.2 Å². The van der Waals surface area contributed by atoms with Gasteiger partial charge in [-0.3, -0.25) is 14.4 Å². The zero-order valence-electron chi connectivity index (χ0n) is 20.8. The van der Waals surface area contributed by atoms with E-state index in [4.69, 9.17) is 16.0 Å². The van der Waals surface area contributed by atoms with Gasteiger partial charge >= 0.3 is 0 Å². The fraction of sp³-hybridized carbons (Fsp3) is 0.172. The summed E-state index contributed by atoms with van der Waals surface area (Å²) in [5.41, 5.74) is 4.38. The van der Waals surface area contributed by atoms with E-state index in [0.717, 1.165) is 21.9 Å². The van der Waals surface area contributed by atoms with Crippen LogP contribution in [0.2, 0.25) is 5.02 Å². The lowest BCUT2D eigenvalue weighted by Crippen LogP contribution is -2.50. The van der Waals surface area contributed by atoms with Gasteiger partial charge in [-0.05, 0) is 46.7 Å². The first kappa shape index (κ1) is 26.0. The van der Waals surface area contributed by atoms with Crippen LogP contribution in [0.15, 0.2) is 82.5 Å². The predicted molar refractivity (Wildman–Crippen MR) is 147 cm³/mol. The smallest absolute Gasteiger partial charge is 0.289 e. The first-order chi connectivity index (χ1) is 18.9. The third-order valence-corrected chi connectivity index (χ3v) is 6.92. The van der Waals surface area contributed by atoms with Crippen molar-refractivity contribution >= 4 is 46.3 Å². The molecule has 1 saturated heterocycles. The Kier molecular flexibility index (Phi) is 7.60. The van der Waals surface area contributed by atoms with Crippen molar-refractivity contribution in [3.63, 3.8) is 0 Å². The second-order valence-corrected chi connectivity index (χ2v) is 9.46. The zero-order chi connectivity index (χ0) is 27.4. The molecule has 1 aliphatic rings. The van der Waals surface area contributed by atoms with E-state index < -0.39 is 5.91 Å². The molecule has 4 aromatic rings. The second-order valence-electron chi connectivity index (χ2n) is 9.05. The van der Waals surface area contributed by atoms with Crippen LogP contribution in [0.3, 0.4) is 0 Å². The van der Waals surface area contributed by atoms with Crippen molar-refractivity contribution in [1.82, 2.24) is 15.2 Å². The molecule has 5 rings (SSSR count). The number of piperazine rings is 1. The Morgan fingerprint density at radius 3 is 2.41 bits per heavy atom. The van der Waals surface area contributed by atoms with E-state index in [-0.39, 0.29) is 34.6 Å². The first-order valence-electron chi connectivity index (χ1n) is 12.3. The van der Waals surface area contributed by atoms with Crippen molar-refractivity contribution in [3.8, 4) is 5.75 Å². The third kappa shape index (κ3) is 5.78. The van der Waals surface area contributed by atoms with Gasteiger partial charge in [-0.25, -0.2) is 5.43 Å². The number of phenolic OH excluding ortho intramolecular Hbond substituents is 1. The predicted octanol–water partition coefficient (Wildman–Crippen LogP) is 4.08. The van der Waals surface area contributed by atoms with E-state index in [0.29, 0.717) is 31.9 Å². The number of halogens is 1. The Morgan fingerprint density at radius 2 is 1.69 bits per heavy atom. The van der Waals surface area contributed by atoms with Crippen LogP contribution in [0.4, 0.5) is 0 Å². The maximum absolute atomic E-state index is 13.1. The van der Waals surface area contributed by atoms with Crippen LogP contribution in [-0.4, -0.2) is 65.0 Å². The van der Waals surface area contributed by atoms with Crippen LogP contribution < -0.4 is 5.43 Å². The summed E-state index contributed by atoms with van der Waals surface area (Å²) in [6, 6.07) is 18.9. The Labute approximate surface area is 229 Å². The fourth-order valence-electron chi connectivity index (χ4n) is 4.51. The number of fused-ring (bicyclic) bond motifs is 1. The number of hydrogen-bond acceptors (Lipinski definition) is 6. The summed E-state index contributed by atoms with van der Waals surface area (Å²) in [4.78, 5) is 41.5. The van der Waals surface area contributed by atoms with E-state index in [9.17, 15) is 19.5 Å². The summed E-state index contributed by atoms with van der Waals surface area (Å²) in [7, 11) is 0. The van der Waals surface area contributed by atoms with Gasteiger partial charge in [-0.15, -0.1) is 0 Å². The maximum atomic E-state index is 13.1. The molecule has 10 heteroatoms. The minimum absolute atomic E-state index is 0.00788. The van der Waals surface area contributed by atoms with Gasteiger partial charge in [0.25, 0.3) is 11.8 Å². The molecule has 0 atom stereocenters. The molecule has 1 fully saturated rings. The van der Waals surface area contributed by atoms with Crippen molar-refractivity contribution in [2.24, 2.45) is 5.10 Å². The number of hydrazone groups is 1. The molecule has 0 spiro atoms. The quantitative estimate of drug-likeness (QED) is 0.280. The number of aromatic hydroxyl groups is 1. The molecule has 1 aliphatic heterocycles. The minimum Gasteiger partial charge on any atom is -0.506 e. The van der Waals surface area contributed by atoms with Crippen LogP contribution in [0.5, 0.6) is 5.75 Å². The first-order valence-corrected chi connectivity index (χ1v) is 12.7. The minimum atomic E-state index is -0.467. The molecule has 9 nitrogen and oxygen atoms in total. The number of carbonyl (C=O) groups excluding carboxylic acids is 3. The zero-order valence-corrected chi connectivity index (χ0v) is 21.6. The highest BCUT2D eigenvalue weighted by atomic mass is 35.5. The number of nitrogens with zero attached hydrogens (tertiary/aromatic N) is 3. The number of carbonyl (C=O) groups is 3. The van der Waals surface area contributed by atoms with Crippen molar-refractivity contribution in [1.29, 1.82) is 0 Å². The van der Waals surface area contributed by atoms with E-state index >= 15 is 0 Å². The third-order valence-electron chi connectivity index (χ3n) is 6.62. The van der Waals surface area contributed by atoms with Gasteiger partial charge in [0.2, 0.25) is 5.91 Å². The fourth-order valence-corrected chi connectivity index (χ4v) is 4.69. The molecule has 3 amide bonds. The topological polar surface area (TPSA) is 115 Å². The molecule has 2 heterocycles. The Bertz CT molecular complexity index is 1560. The molecule has 0 aliphatic carbocycles. The highest BCUT2D eigenvalue weighted by molar-refractivity contribution is 6.32. The molecular formula is C29H25ClN4O5. The molecule has 3 aromatic carbocycles. The number of phenols is 1. The van der Waals surface area contributed by atoms with Gasteiger partial charge in [0.05, 0.1) is 23.9 Å². The molecule has 0 unspecified atom stereocenters. The summed E-state index contributed by atoms with van der Waals surface area (Å²) in [5, 5.41) is 15.5. The van der Waals surface area contributed by atoms with Crippen LogP contribution in [0.25, 0.3) is 10.8 Å². The standard InChI is InChI=1S/C29H25ClN4O5/c30-24-16-20(9-10-25(24)35)28(37)32-31-18-21-8-7-19(22-4-1-2-5-23(21)22)17-27(36)33-11-13-34(14-12-33)29(38)26-6-3-15-39-26/h1-10,15-16,18,35H,11-14,17H2,(H,32,37)/b31-18+. The van der Waals surface area contributed by atoms with E-state index in [1.165, 1.54) is 24.5 Å². The molecule has 0 bridgehead atoms. The largest absolute Gasteiger partial charge is 0.506 e. The van der Waals surface area contributed by atoms with Gasteiger partial charge in [0.1, 0.15) is 5.75 Å². The second kappa shape index (κ2) is 11.4. The summed E-state index contributed by atoms with van der Waals surface area (Å²) in [6.07, 6.45) is 3.24. The number of furan rings is 1. The van der Waals surface area contributed by atoms with Crippen LogP contribution in [-0.2, 0) is 11.2 Å². The Hall–Kier alpha value is -4.63. The Balaban J connectivity index is 1.24. The van der Waals surface area contributed by atoms with Gasteiger partial charge in [-0.2, -0.15) is 5.10 Å². The molecule has 1 aromatic heterocycles. The number of nitrogens with one attached hydrogen (secondary N) is 1. The van der Waals surface area contributed by atoms with Gasteiger partial charge in [0, 0.05) is 37.3 Å². The van der Waals surface area contributed by atoms with Gasteiger partial charge in [0.15, 0.2) is 5.76 Å². The van der Waals surface area contributed by atoms with Crippen molar-refractivity contribution in [3.05, 3.63) is 100 Å². The monoisotopic (exact) mass is 544 g/mol. The average molecular weight is 545 g/mol.